The highest BCUT2D eigenvalue weighted by Crippen LogP contribution is 2.22. The predicted octanol–water partition coefficient (Wildman–Crippen LogP) is 1.45. The lowest BCUT2D eigenvalue weighted by molar-refractivity contribution is 0.0414. The smallest absolute Gasteiger partial charge is 0.320 e. The van der Waals surface area contributed by atoms with E-state index >= 15 is 0 Å². The van der Waals surface area contributed by atoms with Gasteiger partial charge in [0.05, 0.1) is 24.9 Å². The largest absolute Gasteiger partial charge is 0.378 e. The molecule has 0 radical (unpaired) electrons. The molecular weight excluding hydrogens is 306 g/mol. The number of urea groups is 1. The first-order valence-corrected chi connectivity index (χ1v) is 8.71. The molecule has 0 aromatic carbocycles. The zero-order valence-electron chi connectivity index (χ0n) is 14.9. The van der Waals surface area contributed by atoms with E-state index in [-0.39, 0.29) is 12.1 Å². The number of aromatic nitrogens is 2. The minimum atomic E-state index is 0.108. The maximum absolute atomic E-state index is 12.7. The topological polar surface area (TPSA) is 61.8 Å². The lowest BCUT2D eigenvalue weighted by Gasteiger charge is -2.40. The molecule has 2 aliphatic heterocycles. The fourth-order valence-electron chi connectivity index (χ4n) is 3.30. The van der Waals surface area contributed by atoms with Crippen molar-refractivity contribution >= 4 is 11.8 Å². The summed E-state index contributed by atoms with van der Waals surface area (Å²) in [5.41, 5.74) is 2.12. The molecule has 0 spiro atoms. The Morgan fingerprint density at radius 1 is 1.25 bits per heavy atom. The number of carbonyl (C=O) groups excluding carboxylic acids is 1. The Hall–Kier alpha value is -1.89. The van der Waals surface area contributed by atoms with Crippen LogP contribution in [0.1, 0.15) is 24.1 Å². The molecule has 0 aliphatic carbocycles. The Kier molecular flexibility index (Phi) is 5.18. The minimum absolute atomic E-state index is 0.108. The molecule has 2 amide bonds. The van der Waals surface area contributed by atoms with E-state index in [2.05, 4.69) is 28.1 Å². The van der Waals surface area contributed by atoms with E-state index in [1.54, 1.807) is 0 Å². The van der Waals surface area contributed by atoms with Crippen molar-refractivity contribution in [3.05, 3.63) is 17.3 Å². The zero-order valence-corrected chi connectivity index (χ0v) is 14.9. The Labute approximate surface area is 143 Å². The molecule has 24 heavy (non-hydrogen) atoms. The number of aryl methyl sites for hydroxylation is 2. The van der Waals surface area contributed by atoms with Crippen molar-refractivity contribution in [1.29, 1.82) is 0 Å². The van der Waals surface area contributed by atoms with Gasteiger partial charge in [0.15, 0.2) is 5.82 Å². The van der Waals surface area contributed by atoms with Crippen molar-refractivity contribution in [2.75, 3.05) is 51.3 Å². The molecule has 3 rings (SSSR count). The summed E-state index contributed by atoms with van der Waals surface area (Å²) in [6.45, 7) is 8.44. The number of morpholine rings is 1. The molecule has 2 aliphatic rings. The van der Waals surface area contributed by atoms with E-state index in [1.807, 2.05) is 23.8 Å². The van der Waals surface area contributed by atoms with Crippen LogP contribution >= 0.6 is 0 Å². The molecule has 0 bridgehead atoms. The standard InChI is InChI=1S/C17H27N5O2/c1-13-11-16(19-18-14(13)2)22-6-4-5-15(12-22)20(3)17(23)21-7-9-24-10-8-21/h11,15H,4-10,12H2,1-3H3. The van der Waals surface area contributed by atoms with E-state index in [1.165, 1.54) is 0 Å². The van der Waals surface area contributed by atoms with Crippen LogP contribution < -0.4 is 4.90 Å². The molecule has 1 atom stereocenters. The van der Waals surface area contributed by atoms with E-state index in [0.717, 1.165) is 43.0 Å². The number of hydrogen-bond acceptors (Lipinski definition) is 5. The summed E-state index contributed by atoms with van der Waals surface area (Å²) in [6.07, 6.45) is 2.08. The van der Waals surface area contributed by atoms with Crippen LogP contribution in [0.15, 0.2) is 6.07 Å². The summed E-state index contributed by atoms with van der Waals surface area (Å²) in [5.74, 6) is 0.912. The van der Waals surface area contributed by atoms with E-state index in [9.17, 15) is 4.79 Å². The van der Waals surface area contributed by atoms with Gasteiger partial charge in [-0.1, -0.05) is 0 Å². The van der Waals surface area contributed by atoms with Gasteiger partial charge in [-0.3, -0.25) is 0 Å². The molecule has 3 heterocycles. The first kappa shape index (κ1) is 17.0. The molecule has 1 aromatic rings. The molecule has 2 saturated heterocycles. The summed E-state index contributed by atoms with van der Waals surface area (Å²) >= 11 is 0. The number of ether oxygens (including phenoxy) is 1. The van der Waals surface area contributed by atoms with Crippen LogP contribution in [0.25, 0.3) is 0 Å². The number of nitrogens with zero attached hydrogens (tertiary/aromatic N) is 5. The predicted molar refractivity (Wildman–Crippen MR) is 92.3 cm³/mol. The van der Waals surface area contributed by atoms with Crippen LogP contribution in [0, 0.1) is 13.8 Å². The second-order valence-electron chi connectivity index (χ2n) is 6.71. The minimum Gasteiger partial charge on any atom is -0.378 e. The van der Waals surface area contributed by atoms with Gasteiger partial charge in [0.2, 0.25) is 0 Å². The van der Waals surface area contributed by atoms with Gasteiger partial charge in [-0.15, -0.1) is 5.10 Å². The Morgan fingerprint density at radius 2 is 2.00 bits per heavy atom. The first-order chi connectivity index (χ1) is 11.6. The number of likely N-dealkylation sites (N-methyl/N-ethyl adjacent to an activating group) is 1. The van der Waals surface area contributed by atoms with Gasteiger partial charge in [0.1, 0.15) is 0 Å². The normalized spacial score (nSPS) is 21.7. The van der Waals surface area contributed by atoms with Gasteiger partial charge in [-0.25, -0.2) is 4.79 Å². The molecular formula is C17H27N5O2. The highest BCUT2D eigenvalue weighted by atomic mass is 16.5. The molecule has 7 nitrogen and oxygen atoms in total. The summed E-state index contributed by atoms with van der Waals surface area (Å²) < 4.78 is 5.33. The average molecular weight is 333 g/mol. The van der Waals surface area contributed by atoms with Gasteiger partial charge in [0, 0.05) is 33.2 Å². The lowest BCUT2D eigenvalue weighted by atomic mass is 10.0. The van der Waals surface area contributed by atoms with Crippen molar-refractivity contribution < 1.29 is 9.53 Å². The number of carbonyl (C=O) groups is 1. The van der Waals surface area contributed by atoms with E-state index < -0.39 is 0 Å². The van der Waals surface area contributed by atoms with Crippen molar-refractivity contribution in [2.45, 2.75) is 32.7 Å². The van der Waals surface area contributed by atoms with Gasteiger partial charge in [-0.2, -0.15) is 5.10 Å². The fourth-order valence-corrected chi connectivity index (χ4v) is 3.30. The number of hydrogen-bond donors (Lipinski definition) is 0. The maximum atomic E-state index is 12.7. The van der Waals surface area contributed by atoms with Crippen LogP contribution in [0.2, 0.25) is 0 Å². The molecule has 0 saturated carbocycles. The van der Waals surface area contributed by atoms with Crippen LogP contribution in [0.4, 0.5) is 10.6 Å². The SMILES string of the molecule is Cc1cc(N2CCCC(N(C)C(=O)N3CCOCC3)C2)nnc1C. The van der Waals surface area contributed by atoms with Crippen LogP contribution in [-0.2, 0) is 4.74 Å². The average Bonchev–Trinajstić information content (AvgIpc) is 2.63. The van der Waals surface area contributed by atoms with Crippen LogP contribution in [0.3, 0.4) is 0 Å². The Bertz CT molecular complexity index is 588. The van der Waals surface area contributed by atoms with Gasteiger partial charge in [0.25, 0.3) is 0 Å². The van der Waals surface area contributed by atoms with Crippen molar-refractivity contribution in [3.63, 3.8) is 0 Å². The van der Waals surface area contributed by atoms with Gasteiger partial charge < -0.3 is 19.4 Å². The van der Waals surface area contributed by atoms with E-state index in [4.69, 9.17) is 4.74 Å². The highest BCUT2D eigenvalue weighted by molar-refractivity contribution is 5.74. The number of anilines is 1. The Balaban J connectivity index is 1.65. The van der Waals surface area contributed by atoms with E-state index in [0.29, 0.717) is 26.3 Å². The summed E-state index contributed by atoms with van der Waals surface area (Å²) in [6, 6.07) is 2.41. The first-order valence-electron chi connectivity index (χ1n) is 8.71. The zero-order chi connectivity index (χ0) is 17.1. The lowest BCUT2D eigenvalue weighted by Crippen LogP contribution is -2.54. The molecule has 0 N–H and O–H groups in total. The van der Waals surface area contributed by atoms with Crippen LogP contribution in [-0.4, -0.2) is 78.5 Å². The molecule has 2 fully saturated rings. The molecule has 7 heteroatoms. The van der Waals surface area contributed by atoms with Crippen molar-refractivity contribution in [2.24, 2.45) is 0 Å². The highest BCUT2D eigenvalue weighted by Gasteiger charge is 2.30. The van der Waals surface area contributed by atoms with Crippen molar-refractivity contribution in [1.82, 2.24) is 20.0 Å². The number of amides is 2. The van der Waals surface area contributed by atoms with Gasteiger partial charge in [-0.05, 0) is 38.3 Å². The number of piperidine rings is 1. The maximum Gasteiger partial charge on any atom is 0.320 e. The van der Waals surface area contributed by atoms with Crippen molar-refractivity contribution in [3.8, 4) is 0 Å². The molecule has 132 valence electrons. The van der Waals surface area contributed by atoms with Crippen LogP contribution in [0.5, 0.6) is 0 Å². The summed E-state index contributed by atoms with van der Waals surface area (Å²) in [7, 11) is 1.91. The number of rotatable bonds is 2. The summed E-state index contributed by atoms with van der Waals surface area (Å²) in [5, 5.41) is 8.57. The fraction of sp³-hybridized carbons (Fsp3) is 0.706. The summed E-state index contributed by atoms with van der Waals surface area (Å²) in [4.78, 5) is 18.7. The van der Waals surface area contributed by atoms with Gasteiger partial charge >= 0.3 is 6.03 Å². The second kappa shape index (κ2) is 7.34. The quantitative estimate of drug-likeness (QED) is 0.820. The molecule has 1 unspecified atom stereocenters. The third-order valence-electron chi connectivity index (χ3n) is 5.07. The Morgan fingerprint density at radius 3 is 2.71 bits per heavy atom. The monoisotopic (exact) mass is 333 g/mol. The third kappa shape index (κ3) is 3.61. The third-order valence-corrected chi connectivity index (χ3v) is 5.07. The molecule has 1 aromatic heterocycles. The second-order valence-corrected chi connectivity index (χ2v) is 6.71.